The molecule has 0 spiro atoms. The molecule has 31 heavy (non-hydrogen) atoms. The maximum absolute atomic E-state index is 15.0. The SMILES string of the molecule is Cc1ccc(F)c(C(NC(=O)C2CCN(S(=O)c3cn[nH]c3)C2)C2(C)CCCC2)c1Cl. The number of carbonyl (C=O) groups is 1. The second kappa shape index (κ2) is 9.00. The van der Waals surface area contributed by atoms with Gasteiger partial charge >= 0.3 is 0 Å². The lowest BCUT2D eigenvalue weighted by Gasteiger charge is -2.36. The van der Waals surface area contributed by atoms with Gasteiger partial charge in [0, 0.05) is 24.8 Å². The number of hydrogen-bond acceptors (Lipinski definition) is 3. The van der Waals surface area contributed by atoms with Crippen LogP contribution in [0.2, 0.25) is 5.02 Å². The van der Waals surface area contributed by atoms with Crippen LogP contribution in [0, 0.1) is 24.1 Å². The van der Waals surface area contributed by atoms with Crippen molar-refractivity contribution in [1.29, 1.82) is 0 Å². The van der Waals surface area contributed by atoms with Crippen LogP contribution in [0.1, 0.15) is 56.2 Å². The fourth-order valence-corrected chi connectivity index (χ4v) is 6.29. The van der Waals surface area contributed by atoms with Gasteiger partial charge < -0.3 is 5.32 Å². The van der Waals surface area contributed by atoms with E-state index in [1.54, 1.807) is 16.6 Å². The van der Waals surface area contributed by atoms with Crippen molar-refractivity contribution < 1.29 is 13.4 Å². The van der Waals surface area contributed by atoms with Crippen LogP contribution in [-0.4, -0.2) is 37.7 Å². The average Bonchev–Trinajstić information content (AvgIpc) is 3.51. The lowest BCUT2D eigenvalue weighted by molar-refractivity contribution is -0.126. The molecule has 4 rings (SSSR count). The van der Waals surface area contributed by atoms with Gasteiger partial charge in [-0.25, -0.2) is 12.9 Å². The normalized spacial score (nSPS) is 23.0. The fraction of sp³-hybridized carbons (Fsp3) is 0.545. The Morgan fingerprint density at radius 2 is 2.16 bits per heavy atom. The van der Waals surface area contributed by atoms with Gasteiger partial charge in [-0.05, 0) is 43.2 Å². The number of aromatic amines is 1. The molecule has 1 aliphatic heterocycles. The standard InChI is InChI=1S/C22H28ClFN4O2S/c1-14-5-6-17(24)18(19(14)23)20(22(2)8-3-4-9-22)27-21(29)15-7-10-28(13-15)31(30)16-11-25-26-12-16/h5-6,11-12,15,20H,3-4,7-10,13H2,1-2H3,(H,25,26)(H,27,29). The molecule has 0 bridgehead atoms. The van der Waals surface area contributed by atoms with Crippen molar-refractivity contribution in [3.8, 4) is 0 Å². The molecule has 3 atom stereocenters. The van der Waals surface area contributed by atoms with E-state index < -0.39 is 17.0 Å². The van der Waals surface area contributed by atoms with E-state index in [0.717, 1.165) is 31.2 Å². The van der Waals surface area contributed by atoms with Crippen LogP contribution in [0.4, 0.5) is 4.39 Å². The summed E-state index contributed by atoms with van der Waals surface area (Å²) >= 11 is 6.55. The van der Waals surface area contributed by atoms with Crippen molar-refractivity contribution in [2.45, 2.75) is 56.9 Å². The van der Waals surface area contributed by atoms with Crippen LogP contribution in [0.5, 0.6) is 0 Å². The number of carbonyl (C=O) groups excluding carboxylic acids is 1. The lowest BCUT2D eigenvalue weighted by Crippen LogP contribution is -2.42. The molecule has 2 N–H and O–H groups in total. The summed E-state index contributed by atoms with van der Waals surface area (Å²) in [6.45, 7) is 4.90. The summed E-state index contributed by atoms with van der Waals surface area (Å²) in [5.41, 5.74) is 0.920. The largest absolute Gasteiger partial charge is 0.348 e. The Morgan fingerprint density at radius 1 is 1.42 bits per heavy atom. The lowest BCUT2D eigenvalue weighted by atomic mass is 9.76. The Labute approximate surface area is 189 Å². The first-order valence-electron chi connectivity index (χ1n) is 10.7. The first-order chi connectivity index (χ1) is 14.8. The second-order valence-electron chi connectivity index (χ2n) is 8.95. The molecule has 1 saturated heterocycles. The molecular formula is C22H28ClFN4O2S. The topological polar surface area (TPSA) is 78.1 Å². The highest BCUT2D eigenvalue weighted by atomic mass is 35.5. The number of halogens is 2. The monoisotopic (exact) mass is 466 g/mol. The molecule has 3 unspecified atom stereocenters. The van der Waals surface area contributed by atoms with Crippen LogP contribution in [-0.2, 0) is 15.8 Å². The maximum atomic E-state index is 15.0. The van der Waals surface area contributed by atoms with Gasteiger partial charge in [-0.2, -0.15) is 5.10 Å². The summed E-state index contributed by atoms with van der Waals surface area (Å²) in [7, 11) is -1.36. The number of aryl methyl sites for hydroxylation is 1. The summed E-state index contributed by atoms with van der Waals surface area (Å²) < 4.78 is 29.4. The molecule has 1 aromatic heterocycles. The van der Waals surface area contributed by atoms with E-state index in [0.29, 0.717) is 35.0 Å². The van der Waals surface area contributed by atoms with Crippen LogP contribution >= 0.6 is 11.6 Å². The molecule has 2 aromatic rings. The summed E-state index contributed by atoms with van der Waals surface area (Å²) in [6, 6.07) is 2.60. The number of H-pyrrole nitrogens is 1. The van der Waals surface area contributed by atoms with Crippen molar-refractivity contribution in [3.63, 3.8) is 0 Å². The summed E-state index contributed by atoms with van der Waals surface area (Å²) in [6.07, 6.45) is 7.64. The van der Waals surface area contributed by atoms with Gasteiger partial charge in [-0.1, -0.05) is 37.4 Å². The van der Waals surface area contributed by atoms with E-state index >= 15 is 0 Å². The molecule has 2 fully saturated rings. The van der Waals surface area contributed by atoms with E-state index in [-0.39, 0.29) is 23.1 Å². The van der Waals surface area contributed by atoms with Crippen molar-refractivity contribution in [2.24, 2.45) is 11.3 Å². The molecule has 1 aromatic carbocycles. The van der Waals surface area contributed by atoms with Crippen LogP contribution in [0.3, 0.4) is 0 Å². The van der Waals surface area contributed by atoms with E-state index in [1.165, 1.54) is 12.3 Å². The fourth-order valence-electron chi connectivity index (χ4n) is 4.85. The molecule has 1 aliphatic carbocycles. The highest BCUT2D eigenvalue weighted by Crippen LogP contribution is 2.49. The summed E-state index contributed by atoms with van der Waals surface area (Å²) in [5.74, 6) is -0.833. The zero-order valence-corrected chi connectivity index (χ0v) is 19.4. The minimum atomic E-state index is -1.36. The third-order valence-corrected chi connectivity index (χ3v) is 8.70. The van der Waals surface area contributed by atoms with Gasteiger partial charge in [0.25, 0.3) is 0 Å². The van der Waals surface area contributed by atoms with Gasteiger partial charge in [0.2, 0.25) is 5.91 Å². The zero-order valence-electron chi connectivity index (χ0n) is 17.8. The smallest absolute Gasteiger partial charge is 0.224 e. The quantitative estimate of drug-likeness (QED) is 0.666. The molecule has 0 radical (unpaired) electrons. The molecule has 2 heterocycles. The Hall–Kier alpha value is -1.77. The van der Waals surface area contributed by atoms with E-state index in [1.807, 2.05) is 6.92 Å². The third-order valence-electron chi connectivity index (χ3n) is 6.77. The number of rotatable bonds is 6. The predicted molar refractivity (Wildman–Crippen MR) is 118 cm³/mol. The number of aromatic nitrogens is 2. The van der Waals surface area contributed by atoms with Crippen molar-refractivity contribution in [1.82, 2.24) is 19.8 Å². The van der Waals surface area contributed by atoms with Crippen molar-refractivity contribution >= 4 is 28.5 Å². The number of hydrogen-bond donors (Lipinski definition) is 2. The Balaban J connectivity index is 1.55. The van der Waals surface area contributed by atoms with Crippen molar-refractivity contribution in [2.75, 3.05) is 13.1 Å². The van der Waals surface area contributed by atoms with Crippen LogP contribution in [0.15, 0.2) is 29.4 Å². The summed E-state index contributed by atoms with van der Waals surface area (Å²) in [4.78, 5) is 13.9. The van der Waals surface area contributed by atoms with Crippen LogP contribution in [0.25, 0.3) is 0 Å². The van der Waals surface area contributed by atoms with Gasteiger partial charge in [0.1, 0.15) is 16.8 Å². The molecule has 168 valence electrons. The summed E-state index contributed by atoms with van der Waals surface area (Å²) in [5, 5.41) is 10.0. The Morgan fingerprint density at radius 3 is 2.84 bits per heavy atom. The van der Waals surface area contributed by atoms with Gasteiger partial charge in [-0.3, -0.25) is 9.89 Å². The number of benzene rings is 1. The van der Waals surface area contributed by atoms with E-state index in [4.69, 9.17) is 11.6 Å². The molecule has 9 heteroatoms. The van der Waals surface area contributed by atoms with E-state index in [9.17, 15) is 13.4 Å². The van der Waals surface area contributed by atoms with E-state index in [2.05, 4.69) is 22.4 Å². The molecular weight excluding hydrogens is 439 g/mol. The predicted octanol–water partition coefficient (Wildman–Crippen LogP) is 4.29. The first kappa shape index (κ1) is 22.4. The van der Waals surface area contributed by atoms with Crippen molar-refractivity contribution in [3.05, 3.63) is 46.5 Å². The van der Waals surface area contributed by atoms with Crippen LogP contribution < -0.4 is 5.32 Å². The van der Waals surface area contributed by atoms with Gasteiger partial charge in [0.05, 0.1) is 28.1 Å². The second-order valence-corrected chi connectivity index (χ2v) is 10.8. The molecule has 1 saturated carbocycles. The highest BCUT2D eigenvalue weighted by molar-refractivity contribution is 7.82. The first-order valence-corrected chi connectivity index (χ1v) is 12.2. The maximum Gasteiger partial charge on any atom is 0.224 e. The Kier molecular flexibility index (Phi) is 6.51. The molecule has 2 aliphatic rings. The number of nitrogens with one attached hydrogen (secondary N) is 2. The van der Waals surface area contributed by atoms with Gasteiger partial charge in [-0.15, -0.1) is 0 Å². The zero-order chi connectivity index (χ0) is 22.2. The third kappa shape index (κ3) is 4.43. The Bertz CT molecular complexity index is 978. The van der Waals surface area contributed by atoms with Gasteiger partial charge in [0.15, 0.2) is 0 Å². The minimum absolute atomic E-state index is 0.137. The number of nitrogens with zero attached hydrogens (tertiary/aromatic N) is 2. The molecule has 6 nitrogen and oxygen atoms in total. The average molecular weight is 467 g/mol. The molecule has 1 amide bonds. The minimum Gasteiger partial charge on any atom is -0.348 e. The number of amides is 1. The highest BCUT2D eigenvalue weighted by Gasteiger charge is 2.43.